The van der Waals surface area contributed by atoms with Gasteiger partial charge in [0.1, 0.15) is 11.5 Å². The fourth-order valence-corrected chi connectivity index (χ4v) is 2.86. The Balaban J connectivity index is 2.14. The van der Waals surface area contributed by atoms with Gasteiger partial charge in [-0.2, -0.15) is 0 Å². The molecule has 0 aliphatic carbocycles. The minimum absolute atomic E-state index is 0.0947. The van der Waals surface area contributed by atoms with E-state index in [9.17, 15) is 0 Å². The first-order valence-electron chi connectivity index (χ1n) is 5.94. The second-order valence-electron chi connectivity index (χ2n) is 4.38. The Bertz CT molecular complexity index is 679. The average molecular weight is 301 g/mol. The van der Waals surface area contributed by atoms with Crippen LogP contribution in [-0.2, 0) is 0 Å². The highest BCUT2D eigenvalue weighted by molar-refractivity contribution is 9.09. The monoisotopic (exact) mass is 300 g/mol. The third-order valence-corrected chi connectivity index (χ3v) is 4.05. The molecule has 18 heavy (non-hydrogen) atoms. The van der Waals surface area contributed by atoms with Gasteiger partial charge < -0.3 is 4.42 Å². The number of hydrogen-bond acceptors (Lipinski definition) is 1. The molecule has 0 saturated carbocycles. The lowest BCUT2D eigenvalue weighted by molar-refractivity contribution is 0.492. The molecule has 0 fully saturated rings. The molecule has 1 atom stereocenters. The molecule has 1 unspecified atom stereocenters. The fraction of sp³-hybridized carbons (Fsp3) is 0.125. The van der Waals surface area contributed by atoms with E-state index in [1.807, 2.05) is 19.1 Å². The van der Waals surface area contributed by atoms with Crippen LogP contribution in [0.3, 0.4) is 0 Å². The Kier molecular flexibility index (Phi) is 2.96. The van der Waals surface area contributed by atoms with Crippen LogP contribution in [0.4, 0.5) is 0 Å². The quantitative estimate of drug-likeness (QED) is 0.591. The zero-order chi connectivity index (χ0) is 12.5. The van der Waals surface area contributed by atoms with E-state index in [1.165, 1.54) is 16.3 Å². The second kappa shape index (κ2) is 4.62. The average Bonchev–Trinajstić information content (AvgIpc) is 2.84. The molecule has 0 aliphatic heterocycles. The summed E-state index contributed by atoms with van der Waals surface area (Å²) in [5.74, 6) is 1.89. The van der Waals surface area contributed by atoms with Crippen LogP contribution in [0, 0.1) is 6.92 Å². The van der Waals surface area contributed by atoms with Crippen LogP contribution < -0.4 is 0 Å². The van der Waals surface area contributed by atoms with Crippen molar-refractivity contribution in [1.29, 1.82) is 0 Å². The van der Waals surface area contributed by atoms with E-state index in [-0.39, 0.29) is 4.83 Å². The van der Waals surface area contributed by atoms with Crippen molar-refractivity contribution in [3.63, 3.8) is 0 Å². The molecule has 0 spiro atoms. The molecule has 1 nitrogen and oxygen atoms in total. The Morgan fingerprint density at radius 2 is 1.72 bits per heavy atom. The van der Waals surface area contributed by atoms with Crippen molar-refractivity contribution < 1.29 is 4.42 Å². The highest BCUT2D eigenvalue weighted by Gasteiger charge is 2.16. The number of halogens is 1. The van der Waals surface area contributed by atoms with Crippen LogP contribution in [0.2, 0.25) is 0 Å². The van der Waals surface area contributed by atoms with E-state index >= 15 is 0 Å². The van der Waals surface area contributed by atoms with Crippen LogP contribution in [0.25, 0.3) is 10.8 Å². The van der Waals surface area contributed by atoms with Gasteiger partial charge in [0, 0.05) is 0 Å². The standard InChI is InChI=1S/C16H13BrO/c1-11-9-10-15(18-11)16(17)14-8-4-6-12-5-2-3-7-13(12)14/h2-10,16H,1H3. The first-order valence-corrected chi connectivity index (χ1v) is 6.85. The normalized spacial score (nSPS) is 12.8. The van der Waals surface area contributed by atoms with Crippen molar-refractivity contribution in [3.05, 3.63) is 71.7 Å². The number of fused-ring (bicyclic) bond motifs is 1. The largest absolute Gasteiger partial charge is 0.465 e. The summed E-state index contributed by atoms with van der Waals surface area (Å²) in [5.41, 5.74) is 1.24. The highest BCUT2D eigenvalue weighted by atomic mass is 79.9. The van der Waals surface area contributed by atoms with Gasteiger partial charge in [-0.25, -0.2) is 0 Å². The predicted octanol–water partition coefficient (Wildman–Crippen LogP) is 5.23. The van der Waals surface area contributed by atoms with Gasteiger partial charge in [0.25, 0.3) is 0 Å². The number of benzene rings is 2. The Labute approximate surface area is 115 Å². The third-order valence-electron chi connectivity index (χ3n) is 3.11. The maximum atomic E-state index is 5.70. The Morgan fingerprint density at radius 3 is 2.50 bits per heavy atom. The molecule has 2 aromatic carbocycles. The molecule has 1 aromatic heterocycles. The summed E-state index contributed by atoms with van der Waals surface area (Å²) in [5, 5.41) is 2.51. The summed E-state index contributed by atoms with van der Waals surface area (Å²) < 4.78 is 5.70. The van der Waals surface area contributed by atoms with Gasteiger partial charge in [-0.05, 0) is 35.4 Å². The van der Waals surface area contributed by atoms with Gasteiger partial charge in [0.05, 0.1) is 4.83 Å². The first-order chi connectivity index (χ1) is 8.75. The summed E-state index contributed by atoms with van der Waals surface area (Å²) in [6.45, 7) is 1.96. The third kappa shape index (κ3) is 1.97. The van der Waals surface area contributed by atoms with E-state index in [2.05, 4.69) is 58.4 Å². The van der Waals surface area contributed by atoms with Crippen LogP contribution in [0.1, 0.15) is 21.9 Å². The maximum Gasteiger partial charge on any atom is 0.122 e. The minimum Gasteiger partial charge on any atom is -0.465 e. The van der Waals surface area contributed by atoms with E-state index in [1.54, 1.807) is 0 Å². The Morgan fingerprint density at radius 1 is 0.944 bits per heavy atom. The van der Waals surface area contributed by atoms with Crippen molar-refractivity contribution >= 4 is 26.7 Å². The zero-order valence-corrected chi connectivity index (χ0v) is 11.6. The summed E-state index contributed by atoms with van der Waals surface area (Å²) in [6, 6.07) is 18.8. The maximum absolute atomic E-state index is 5.70. The molecule has 3 rings (SSSR count). The molecule has 0 N–H and O–H groups in total. The van der Waals surface area contributed by atoms with Gasteiger partial charge >= 0.3 is 0 Å². The topological polar surface area (TPSA) is 13.1 Å². The summed E-state index contributed by atoms with van der Waals surface area (Å²) in [4.78, 5) is 0.0947. The van der Waals surface area contributed by atoms with Crippen molar-refractivity contribution in [1.82, 2.24) is 0 Å². The van der Waals surface area contributed by atoms with Gasteiger partial charge in [-0.3, -0.25) is 0 Å². The minimum atomic E-state index is 0.0947. The molecule has 0 saturated heterocycles. The predicted molar refractivity (Wildman–Crippen MR) is 78.2 cm³/mol. The first kappa shape index (κ1) is 11.5. The van der Waals surface area contributed by atoms with Crippen molar-refractivity contribution in [2.75, 3.05) is 0 Å². The fourth-order valence-electron chi connectivity index (χ4n) is 2.21. The summed E-state index contributed by atoms with van der Waals surface area (Å²) >= 11 is 3.73. The molecule has 2 heteroatoms. The molecule has 0 bridgehead atoms. The molecule has 90 valence electrons. The second-order valence-corrected chi connectivity index (χ2v) is 5.30. The van der Waals surface area contributed by atoms with E-state index < -0.39 is 0 Å². The van der Waals surface area contributed by atoms with Crippen LogP contribution in [-0.4, -0.2) is 0 Å². The molecule has 0 aliphatic rings. The van der Waals surface area contributed by atoms with Gasteiger partial charge in [0.15, 0.2) is 0 Å². The zero-order valence-electron chi connectivity index (χ0n) is 10.1. The molecule has 1 heterocycles. The van der Waals surface area contributed by atoms with Crippen LogP contribution in [0.15, 0.2) is 59.0 Å². The van der Waals surface area contributed by atoms with Crippen molar-refractivity contribution in [3.8, 4) is 0 Å². The number of rotatable bonds is 2. The lowest BCUT2D eigenvalue weighted by Gasteiger charge is -2.11. The molecular weight excluding hydrogens is 288 g/mol. The van der Waals surface area contributed by atoms with E-state index in [0.717, 1.165) is 11.5 Å². The number of alkyl halides is 1. The Hall–Kier alpha value is -1.54. The van der Waals surface area contributed by atoms with Crippen molar-refractivity contribution in [2.24, 2.45) is 0 Å². The van der Waals surface area contributed by atoms with Gasteiger partial charge in [0.2, 0.25) is 0 Å². The molecule has 0 radical (unpaired) electrons. The van der Waals surface area contributed by atoms with Crippen molar-refractivity contribution in [2.45, 2.75) is 11.8 Å². The van der Waals surface area contributed by atoms with Gasteiger partial charge in [-0.1, -0.05) is 58.4 Å². The summed E-state index contributed by atoms with van der Waals surface area (Å²) in [6.07, 6.45) is 0. The number of furan rings is 1. The highest BCUT2D eigenvalue weighted by Crippen LogP contribution is 2.35. The molecule has 0 amide bonds. The van der Waals surface area contributed by atoms with E-state index in [0.29, 0.717) is 0 Å². The van der Waals surface area contributed by atoms with Crippen LogP contribution in [0.5, 0.6) is 0 Å². The summed E-state index contributed by atoms with van der Waals surface area (Å²) in [7, 11) is 0. The SMILES string of the molecule is Cc1ccc(C(Br)c2cccc3ccccc23)o1. The van der Waals surface area contributed by atoms with Gasteiger partial charge in [-0.15, -0.1) is 0 Å². The molecular formula is C16H13BrO. The number of aryl methyl sites for hydroxylation is 1. The number of hydrogen-bond donors (Lipinski definition) is 0. The smallest absolute Gasteiger partial charge is 0.122 e. The molecule has 3 aromatic rings. The van der Waals surface area contributed by atoms with E-state index in [4.69, 9.17) is 4.42 Å². The lowest BCUT2D eigenvalue weighted by atomic mass is 10.0. The van der Waals surface area contributed by atoms with Crippen LogP contribution >= 0.6 is 15.9 Å². The lowest BCUT2D eigenvalue weighted by Crippen LogP contribution is -1.92.